The molecule has 0 atom stereocenters. The van der Waals surface area contributed by atoms with Crippen molar-refractivity contribution in [2.45, 2.75) is 0 Å². The molecule has 0 bridgehead atoms. The van der Waals surface area contributed by atoms with Gasteiger partial charge in [0.2, 0.25) is 5.95 Å². The minimum atomic E-state index is 0.653. The minimum absolute atomic E-state index is 0.653. The standard InChI is InChI=1S/C60H36N4S/c1-3-17-39(18-4-1)57-59-51(36-55(65-59)47-27-13-21-37-15-9-11-24-44(37)47)61-60(62-57)64-52-31-30-42(34-49(52)50-33-40-19-7-8-20-41(40)35-54(50)64)46-26-14-28-48-56-45-25-12-10-16-38(45)29-32-53(56)63(58(46)48)43-22-5-2-6-23-43/h1-36H. The lowest BCUT2D eigenvalue weighted by Crippen LogP contribution is -2.02. The molecule has 0 radical (unpaired) electrons. The van der Waals surface area contributed by atoms with E-state index < -0.39 is 0 Å². The van der Waals surface area contributed by atoms with Crippen molar-refractivity contribution in [1.82, 2.24) is 19.1 Å². The van der Waals surface area contributed by atoms with Gasteiger partial charge in [-0.1, -0.05) is 170 Å². The first-order valence-corrected chi connectivity index (χ1v) is 22.9. The van der Waals surface area contributed by atoms with Gasteiger partial charge in [-0.3, -0.25) is 4.57 Å². The average Bonchev–Trinajstić information content (AvgIpc) is 4.06. The smallest absolute Gasteiger partial charge is 0.235 e. The third-order valence-electron chi connectivity index (χ3n) is 13.3. The number of hydrogen-bond acceptors (Lipinski definition) is 3. The van der Waals surface area contributed by atoms with Crippen LogP contribution in [0.25, 0.3) is 131 Å². The third-order valence-corrected chi connectivity index (χ3v) is 14.5. The molecular formula is C60H36N4S. The Balaban J connectivity index is 1.05. The molecule has 4 aromatic heterocycles. The van der Waals surface area contributed by atoms with Crippen molar-refractivity contribution in [3.8, 4) is 44.5 Å². The summed E-state index contributed by atoms with van der Waals surface area (Å²) in [6.45, 7) is 0. The summed E-state index contributed by atoms with van der Waals surface area (Å²) < 4.78 is 5.82. The number of para-hydroxylation sites is 2. The van der Waals surface area contributed by atoms with Gasteiger partial charge in [0.25, 0.3) is 0 Å². The Morgan fingerprint density at radius 2 is 1.00 bits per heavy atom. The summed E-state index contributed by atoms with van der Waals surface area (Å²) in [7, 11) is 0. The first-order chi connectivity index (χ1) is 32.2. The van der Waals surface area contributed by atoms with Gasteiger partial charge in [0.05, 0.1) is 38.0 Å². The fourth-order valence-electron chi connectivity index (χ4n) is 10.4. The molecule has 10 aromatic carbocycles. The summed E-state index contributed by atoms with van der Waals surface area (Å²) in [6.07, 6.45) is 0. The minimum Gasteiger partial charge on any atom is -0.309 e. The molecule has 0 saturated carbocycles. The number of hydrogen-bond donors (Lipinski definition) is 0. The van der Waals surface area contributed by atoms with Crippen molar-refractivity contribution in [3.05, 3.63) is 218 Å². The van der Waals surface area contributed by atoms with E-state index in [2.05, 4.69) is 228 Å². The number of thiophene rings is 1. The largest absolute Gasteiger partial charge is 0.309 e. The van der Waals surface area contributed by atoms with E-state index in [4.69, 9.17) is 9.97 Å². The molecule has 0 spiro atoms. The SMILES string of the molecule is c1ccc(-c2nc(-n3c4ccc(-c5cccc6c7c8ccccc8ccc7n(-c7ccccc7)c56)cc4c4cc5ccccc5cc43)nc3cc(-c4cccc5ccccc45)sc23)cc1. The van der Waals surface area contributed by atoms with Crippen molar-refractivity contribution in [2.24, 2.45) is 0 Å². The highest BCUT2D eigenvalue weighted by atomic mass is 32.1. The van der Waals surface area contributed by atoms with Crippen LogP contribution in [0.3, 0.4) is 0 Å². The van der Waals surface area contributed by atoms with Gasteiger partial charge in [-0.25, -0.2) is 9.97 Å². The van der Waals surface area contributed by atoms with E-state index in [1.807, 2.05) is 0 Å². The molecule has 0 amide bonds. The van der Waals surface area contributed by atoms with E-state index >= 15 is 0 Å². The van der Waals surface area contributed by atoms with Crippen molar-refractivity contribution in [2.75, 3.05) is 0 Å². The monoisotopic (exact) mass is 844 g/mol. The molecule has 0 fully saturated rings. The molecule has 0 unspecified atom stereocenters. The predicted octanol–water partition coefficient (Wildman–Crippen LogP) is 16.3. The summed E-state index contributed by atoms with van der Waals surface area (Å²) in [6, 6.07) is 79.1. The summed E-state index contributed by atoms with van der Waals surface area (Å²) in [5.74, 6) is 0.653. The van der Waals surface area contributed by atoms with E-state index in [-0.39, 0.29) is 0 Å². The summed E-state index contributed by atoms with van der Waals surface area (Å²) >= 11 is 1.77. The van der Waals surface area contributed by atoms with Gasteiger partial charge in [0.15, 0.2) is 0 Å². The van der Waals surface area contributed by atoms with Gasteiger partial charge in [0.1, 0.15) is 0 Å². The molecule has 0 saturated heterocycles. The van der Waals surface area contributed by atoms with Crippen molar-refractivity contribution in [1.29, 1.82) is 0 Å². The van der Waals surface area contributed by atoms with Gasteiger partial charge in [0, 0.05) is 43.2 Å². The molecule has 4 nitrogen and oxygen atoms in total. The average molecular weight is 845 g/mol. The van der Waals surface area contributed by atoms with Crippen LogP contribution in [0.5, 0.6) is 0 Å². The molecule has 0 N–H and O–H groups in total. The molecule has 0 aliphatic carbocycles. The van der Waals surface area contributed by atoms with E-state index in [1.54, 1.807) is 11.3 Å². The maximum absolute atomic E-state index is 5.54. The van der Waals surface area contributed by atoms with Crippen molar-refractivity contribution < 1.29 is 0 Å². The number of nitrogens with zero attached hydrogens (tertiary/aromatic N) is 4. The normalized spacial score (nSPS) is 12.0. The second-order valence-corrected chi connectivity index (χ2v) is 18.0. The van der Waals surface area contributed by atoms with Crippen LogP contribution in [-0.2, 0) is 0 Å². The molecule has 0 aliphatic heterocycles. The Hall–Kier alpha value is -8.38. The highest BCUT2D eigenvalue weighted by Crippen LogP contribution is 2.45. The summed E-state index contributed by atoms with van der Waals surface area (Å²) in [4.78, 5) is 12.2. The molecule has 302 valence electrons. The molecular weight excluding hydrogens is 809 g/mol. The third kappa shape index (κ3) is 5.49. The highest BCUT2D eigenvalue weighted by molar-refractivity contribution is 7.22. The van der Waals surface area contributed by atoms with Crippen LogP contribution >= 0.6 is 11.3 Å². The van der Waals surface area contributed by atoms with Crippen LogP contribution in [0.2, 0.25) is 0 Å². The first kappa shape index (κ1) is 36.1. The number of aromatic nitrogens is 4. The lowest BCUT2D eigenvalue weighted by Gasteiger charge is -2.12. The zero-order chi connectivity index (χ0) is 42.6. The van der Waals surface area contributed by atoms with Crippen molar-refractivity contribution >= 4 is 97.5 Å². The number of rotatable bonds is 5. The number of fused-ring (bicyclic) bond motifs is 11. The van der Waals surface area contributed by atoms with E-state index in [9.17, 15) is 0 Å². The number of benzene rings is 10. The fourth-order valence-corrected chi connectivity index (χ4v) is 11.5. The van der Waals surface area contributed by atoms with Gasteiger partial charge in [-0.15, -0.1) is 11.3 Å². The lowest BCUT2D eigenvalue weighted by atomic mass is 9.98. The molecule has 0 aliphatic rings. The molecule has 65 heavy (non-hydrogen) atoms. The lowest BCUT2D eigenvalue weighted by molar-refractivity contribution is 1.02. The van der Waals surface area contributed by atoms with Crippen LogP contribution in [-0.4, -0.2) is 19.1 Å². The maximum Gasteiger partial charge on any atom is 0.235 e. The predicted molar refractivity (Wildman–Crippen MR) is 275 cm³/mol. The summed E-state index contributed by atoms with van der Waals surface area (Å²) in [5, 5.41) is 12.1. The molecule has 14 rings (SSSR count). The highest BCUT2D eigenvalue weighted by Gasteiger charge is 2.23. The van der Waals surface area contributed by atoms with E-state index in [1.165, 1.54) is 70.1 Å². The summed E-state index contributed by atoms with van der Waals surface area (Å²) in [5.41, 5.74) is 12.1. The van der Waals surface area contributed by atoms with Crippen LogP contribution < -0.4 is 0 Å². The second-order valence-electron chi connectivity index (χ2n) is 16.9. The Morgan fingerprint density at radius 1 is 0.369 bits per heavy atom. The second kappa shape index (κ2) is 14.1. The molecule has 14 aromatic rings. The first-order valence-electron chi connectivity index (χ1n) is 22.1. The Kier molecular flexibility index (Phi) is 7.82. The van der Waals surface area contributed by atoms with Crippen molar-refractivity contribution in [3.63, 3.8) is 0 Å². The quantitative estimate of drug-likeness (QED) is 0.173. The Labute approximate surface area is 377 Å². The van der Waals surface area contributed by atoms with E-state index in [0.29, 0.717) is 5.95 Å². The zero-order valence-corrected chi connectivity index (χ0v) is 35.8. The maximum atomic E-state index is 5.54. The van der Waals surface area contributed by atoms with Crippen LogP contribution in [0, 0.1) is 0 Å². The van der Waals surface area contributed by atoms with Gasteiger partial charge < -0.3 is 4.57 Å². The Morgan fingerprint density at radius 3 is 1.83 bits per heavy atom. The van der Waals surface area contributed by atoms with Gasteiger partial charge >= 0.3 is 0 Å². The fraction of sp³-hybridized carbons (Fsp3) is 0. The zero-order valence-electron chi connectivity index (χ0n) is 35.0. The van der Waals surface area contributed by atoms with Crippen LogP contribution in [0.15, 0.2) is 218 Å². The van der Waals surface area contributed by atoms with Crippen LogP contribution in [0.1, 0.15) is 0 Å². The molecule has 4 heterocycles. The molecule has 5 heteroatoms. The van der Waals surface area contributed by atoms with E-state index in [0.717, 1.165) is 54.5 Å². The Bertz CT molecular complexity index is 4230. The van der Waals surface area contributed by atoms with Crippen LogP contribution in [0.4, 0.5) is 0 Å². The van der Waals surface area contributed by atoms with Gasteiger partial charge in [-0.05, 0) is 92.0 Å². The van der Waals surface area contributed by atoms with Gasteiger partial charge in [-0.2, -0.15) is 0 Å². The topological polar surface area (TPSA) is 35.6 Å².